The van der Waals surface area contributed by atoms with Crippen LogP contribution >= 0.6 is 11.3 Å². The smallest absolute Gasteiger partial charge is 0.303 e. The molecule has 0 spiro atoms. The number of esters is 1. The Bertz CT molecular complexity index is 1370. The Kier molecular flexibility index (Phi) is 14.3. The first-order chi connectivity index (χ1) is 22.3. The largest absolute Gasteiger partial charge is 0.455 e. The number of thiazole rings is 1. The number of carbonyl (C=O) groups is 5. The highest BCUT2D eigenvalue weighted by atomic mass is 32.1. The van der Waals surface area contributed by atoms with Crippen molar-refractivity contribution < 1.29 is 28.7 Å². The number of aromatic nitrogens is 1. The normalized spacial score (nSPS) is 17.6. The number of hydrogen-bond acceptors (Lipinski definition) is 9. The van der Waals surface area contributed by atoms with Crippen LogP contribution in [0.3, 0.4) is 0 Å². The molecule has 0 radical (unpaired) electrons. The summed E-state index contributed by atoms with van der Waals surface area (Å²) in [6, 6.07) is 8.67. The number of amides is 4. The molecule has 5 atom stereocenters. The molecule has 47 heavy (non-hydrogen) atoms. The van der Waals surface area contributed by atoms with Crippen LogP contribution in [-0.2, 0) is 30.3 Å². The van der Waals surface area contributed by atoms with Crippen LogP contribution in [0.25, 0.3) is 0 Å². The van der Waals surface area contributed by atoms with Gasteiger partial charge in [0.2, 0.25) is 17.7 Å². The minimum absolute atomic E-state index is 0.0177. The van der Waals surface area contributed by atoms with Crippen molar-refractivity contribution in [2.75, 3.05) is 27.2 Å². The summed E-state index contributed by atoms with van der Waals surface area (Å²) in [5.74, 6) is -2.25. The van der Waals surface area contributed by atoms with Crippen molar-refractivity contribution in [2.24, 2.45) is 17.6 Å². The summed E-state index contributed by atoms with van der Waals surface area (Å²) >= 11 is 1.19. The van der Waals surface area contributed by atoms with Gasteiger partial charge in [0.15, 0.2) is 6.10 Å². The molecule has 13 heteroatoms. The fourth-order valence-corrected chi connectivity index (χ4v) is 6.77. The van der Waals surface area contributed by atoms with Crippen LogP contribution in [0.4, 0.5) is 0 Å². The molecule has 258 valence electrons. The predicted molar refractivity (Wildman–Crippen MR) is 180 cm³/mol. The van der Waals surface area contributed by atoms with E-state index in [0.717, 1.165) is 31.4 Å². The second-order valence-corrected chi connectivity index (χ2v) is 13.7. The summed E-state index contributed by atoms with van der Waals surface area (Å²) in [5.41, 5.74) is 6.68. The predicted octanol–water partition coefficient (Wildman–Crippen LogP) is 3.07. The number of rotatable bonds is 16. The van der Waals surface area contributed by atoms with Gasteiger partial charge in [0.1, 0.15) is 10.7 Å². The van der Waals surface area contributed by atoms with Crippen LogP contribution in [0.15, 0.2) is 35.7 Å². The molecule has 4 N–H and O–H groups in total. The standard InChI is InChI=1S/C34H50N6O6S/c1-21(2)28(40(6)30(42)19-36-33(45)27-14-10-11-15-39(27)5)18-29(46-23(4)41)34-38-26(20-47-34)32(44)37-25(16-22(3)31(35)43)17-24-12-8-7-9-13-24/h7-9,12-13,20-22,25,27-29H,10-11,14-19H2,1-6H3,(H2,35,43)(H,36,45)(H,37,44). The maximum atomic E-state index is 13.4. The van der Waals surface area contributed by atoms with Crippen molar-refractivity contribution in [3.05, 3.63) is 52.0 Å². The van der Waals surface area contributed by atoms with Gasteiger partial charge in [0.05, 0.1) is 12.6 Å². The lowest BCUT2D eigenvalue weighted by molar-refractivity contribution is -0.148. The van der Waals surface area contributed by atoms with Crippen molar-refractivity contribution in [1.82, 2.24) is 25.4 Å². The van der Waals surface area contributed by atoms with Crippen molar-refractivity contribution >= 4 is 40.9 Å². The quantitative estimate of drug-likeness (QED) is 0.230. The Morgan fingerprint density at radius 1 is 1.11 bits per heavy atom. The first kappa shape index (κ1) is 37.6. The SMILES string of the molecule is CC(=O)OC(CC(C(C)C)N(C)C(=O)CNC(=O)C1CCCCN1C)c1nc(C(=O)NC(Cc2ccccc2)CC(C)C(N)=O)cs1. The Morgan fingerprint density at radius 3 is 2.43 bits per heavy atom. The molecule has 1 aromatic heterocycles. The zero-order valence-electron chi connectivity index (χ0n) is 28.4. The zero-order valence-corrected chi connectivity index (χ0v) is 29.2. The molecule has 2 aromatic rings. The van der Waals surface area contributed by atoms with E-state index in [4.69, 9.17) is 10.5 Å². The number of hydrogen-bond donors (Lipinski definition) is 3. The van der Waals surface area contributed by atoms with E-state index < -0.39 is 29.8 Å². The molecule has 12 nitrogen and oxygen atoms in total. The number of carbonyl (C=O) groups excluding carboxylic acids is 5. The molecule has 1 aliphatic heterocycles. The molecule has 0 saturated carbocycles. The van der Waals surface area contributed by atoms with Gasteiger partial charge in [0, 0.05) is 43.8 Å². The third kappa shape index (κ3) is 11.4. The number of benzene rings is 1. The summed E-state index contributed by atoms with van der Waals surface area (Å²) in [6.07, 6.45) is 3.11. The van der Waals surface area contributed by atoms with Gasteiger partial charge in [-0.2, -0.15) is 0 Å². The highest BCUT2D eigenvalue weighted by molar-refractivity contribution is 7.09. The number of nitrogens with zero attached hydrogens (tertiary/aromatic N) is 3. The number of likely N-dealkylation sites (N-methyl/N-ethyl adjacent to an activating group) is 2. The third-order valence-corrected chi connectivity index (χ3v) is 9.66. The van der Waals surface area contributed by atoms with E-state index in [1.807, 2.05) is 56.1 Å². The van der Waals surface area contributed by atoms with Gasteiger partial charge < -0.3 is 26.0 Å². The maximum absolute atomic E-state index is 13.4. The number of ether oxygens (including phenoxy) is 1. The Morgan fingerprint density at radius 2 is 1.81 bits per heavy atom. The van der Waals surface area contributed by atoms with Gasteiger partial charge in [-0.15, -0.1) is 11.3 Å². The molecule has 4 amide bonds. The fraction of sp³-hybridized carbons (Fsp3) is 0.588. The van der Waals surface area contributed by atoms with E-state index in [1.165, 1.54) is 18.3 Å². The van der Waals surface area contributed by atoms with Gasteiger partial charge in [-0.05, 0) is 50.8 Å². The molecule has 3 rings (SSSR count). The highest BCUT2D eigenvalue weighted by Gasteiger charge is 2.32. The minimum atomic E-state index is -0.804. The molecule has 2 heterocycles. The first-order valence-electron chi connectivity index (χ1n) is 16.3. The van der Waals surface area contributed by atoms with E-state index >= 15 is 0 Å². The van der Waals surface area contributed by atoms with Crippen LogP contribution < -0.4 is 16.4 Å². The first-order valence-corrected chi connectivity index (χ1v) is 17.1. The lowest BCUT2D eigenvalue weighted by Gasteiger charge is -2.34. The van der Waals surface area contributed by atoms with E-state index in [-0.39, 0.29) is 54.5 Å². The summed E-state index contributed by atoms with van der Waals surface area (Å²) in [4.78, 5) is 71.5. The maximum Gasteiger partial charge on any atom is 0.303 e. The summed E-state index contributed by atoms with van der Waals surface area (Å²) < 4.78 is 5.68. The van der Waals surface area contributed by atoms with E-state index in [9.17, 15) is 24.0 Å². The Hall–Kier alpha value is -3.84. The third-order valence-electron chi connectivity index (χ3n) is 8.73. The van der Waals surface area contributed by atoms with E-state index in [0.29, 0.717) is 17.8 Å². The number of nitrogens with one attached hydrogen (secondary N) is 2. The van der Waals surface area contributed by atoms with Crippen LogP contribution in [-0.4, -0.2) is 89.7 Å². The molecule has 1 saturated heterocycles. The van der Waals surface area contributed by atoms with Crippen LogP contribution in [0.5, 0.6) is 0 Å². The van der Waals surface area contributed by atoms with Gasteiger partial charge in [0.25, 0.3) is 5.91 Å². The molecular formula is C34H50N6O6S. The molecule has 0 bridgehead atoms. The van der Waals surface area contributed by atoms with Crippen LogP contribution in [0.1, 0.15) is 87.0 Å². The average Bonchev–Trinajstić information content (AvgIpc) is 3.52. The highest BCUT2D eigenvalue weighted by Crippen LogP contribution is 2.30. The van der Waals surface area contributed by atoms with Crippen molar-refractivity contribution in [2.45, 2.75) is 90.4 Å². The van der Waals surface area contributed by atoms with Crippen LogP contribution in [0.2, 0.25) is 0 Å². The lowest BCUT2D eigenvalue weighted by Crippen LogP contribution is -2.51. The minimum Gasteiger partial charge on any atom is -0.455 e. The topological polar surface area (TPSA) is 164 Å². The molecular weight excluding hydrogens is 620 g/mol. The monoisotopic (exact) mass is 670 g/mol. The fourth-order valence-electron chi connectivity index (χ4n) is 5.93. The van der Waals surface area contributed by atoms with E-state index in [1.54, 1.807) is 24.3 Å². The van der Waals surface area contributed by atoms with E-state index in [2.05, 4.69) is 15.6 Å². The van der Waals surface area contributed by atoms with Crippen molar-refractivity contribution in [3.63, 3.8) is 0 Å². The lowest BCUT2D eigenvalue weighted by atomic mass is 9.95. The Balaban J connectivity index is 1.71. The number of nitrogens with two attached hydrogens (primary N) is 1. The molecule has 1 fully saturated rings. The van der Waals surface area contributed by atoms with Gasteiger partial charge >= 0.3 is 5.97 Å². The van der Waals surface area contributed by atoms with Crippen LogP contribution in [0, 0.1) is 11.8 Å². The van der Waals surface area contributed by atoms with Crippen molar-refractivity contribution in [3.8, 4) is 0 Å². The number of likely N-dealkylation sites (tertiary alicyclic amines) is 1. The molecule has 1 aliphatic rings. The molecule has 0 aliphatic carbocycles. The molecule has 1 aromatic carbocycles. The van der Waals surface area contributed by atoms with Crippen molar-refractivity contribution in [1.29, 1.82) is 0 Å². The number of primary amides is 1. The summed E-state index contributed by atoms with van der Waals surface area (Å²) in [7, 11) is 3.60. The second-order valence-electron chi connectivity index (χ2n) is 12.8. The van der Waals surface area contributed by atoms with Gasteiger partial charge in [-0.1, -0.05) is 57.5 Å². The van der Waals surface area contributed by atoms with Gasteiger partial charge in [-0.3, -0.25) is 28.9 Å². The van der Waals surface area contributed by atoms with Gasteiger partial charge in [-0.25, -0.2) is 4.98 Å². The number of piperidine rings is 1. The Labute approximate surface area is 281 Å². The summed E-state index contributed by atoms with van der Waals surface area (Å²) in [5, 5.41) is 7.84. The molecule has 5 unspecified atom stereocenters. The zero-order chi connectivity index (χ0) is 34.7. The summed E-state index contributed by atoms with van der Waals surface area (Å²) in [6.45, 7) is 7.68. The average molecular weight is 671 g/mol. The second kappa shape index (κ2) is 17.9.